The molecule has 0 bridgehead atoms. The third-order valence-corrected chi connectivity index (χ3v) is 6.24. The fraction of sp³-hybridized carbons (Fsp3) is 0.350. The van der Waals surface area contributed by atoms with Crippen molar-refractivity contribution >= 4 is 38.8 Å². The van der Waals surface area contributed by atoms with Gasteiger partial charge in [-0.2, -0.15) is 0 Å². The van der Waals surface area contributed by atoms with Crippen molar-refractivity contribution in [2.24, 2.45) is 0 Å². The lowest BCUT2D eigenvalue weighted by molar-refractivity contribution is 0.103. The number of hydrogen-bond donors (Lipinski definition) is 1. The van der Waals surface area contributed by atoms with E-state index in [0.717, 1.165) is 35.6 Å². The number of amides is 1. The Labute approximate surface area is 161 Å². The quantitative estimate of drug-likeness (QED) is 0.754. The predicted molar refractivity (Wildman–Crippen MR) is 110 cm³/mol. The minimum atomic E-state index is -0.197. The maximum atomic E-state index is 12.9. The Bertz CT molecular complexity index is 1130. The molecule has 0 saturated heterocycles. The topological polar surface area (TPSA) is 67.2 Å². The molecule has 3 aromatic rings. The van der Waals surface area contributed by atoms with E-state index in [0.29, 0.717) is 27.2 Å². The monoisotopic (exact) mass is 382 g/mol. The van der Waals surface area contributed by atoms with Gasteiger partial charge < -0.3 is 10.2 Å². The fourth-order valence-corrected chi connectivity index (χ4v) is 4.80. The summed E-state index contributed by atoms with van der Waals surface area (Å²) >= 11 is 1.30. The zero-order valence-electron chi connectivity index (χ0n) is 15.9. The Kier molecular flexibility index (Phi) is 4.26. The van der Waals surface area contributed by atoms with Crippen LogP contribution in [0.5, 0.6) is 0 Å². The van der Waals surface area contributed by atoms with E-state index in [2.05, 4.69) is 10.3 Å². The Morgan fingerprint density at radius 1 is 1.30 bits per heavy atom. The fourth-order valence-electron chi connectivity index (χ4n) is 3.71. The summed E-state index contributed by atoms with van der Waals surface area (Å²) in [5.74, 6) is 0.632. The van der Waals surface area contributed by atoms with Crippen molar-refractivity contribution in [1.82, 2.24) is 9.55 Å². The van der Waals surface area contributed by atoms with Crippen molar-refractivity contribution in [3.8, 4) is 0 Å². The first-order valence-electron chi connectivity index (χ1n) is 8.99. The minimum Gasteiger partial charge on any atom is -0.377 e. The van der Waals surface area contributed by atoms with Crippen LogP contribution in [0.15, 0.2) is 23.0 Å². The maximum Gasteiger partial charge on any atom is 0.266 e. The van der Waals surface area contributed by atoms with Crippen LogP contribution < -0.4 is 15.8 Å². The van der Waals surface area contributed by atoms with Crippen molar-refractivity contribution in [2.75, 3.05) is 24.3 Å². The van der Waals surface area contributed by atoms with E-state index in [9.17, 15) is 9.59 Å². The van der Waals surface area contributed by atoms with Crippen LogP contribution >= 0.6 is 11.3 Å². The summed E-state index contributed by atoms with van der Waals surface area (Å²) in [6.45, 7) is 4.56. The first kappa shape index (κ1) is 17.7. The van der Waals surface area contributed by atoms with Crippen LogP contribution in [0.25, 0.3) is 10.2 Å². The molecule has 0 spiro atoms. The normalized spacial score (nSPS) is 13.0. The highest BCUT2D eigenvalue weighted by Gasteiger charge is 2.23. The first-order valence-corrected chi connectivity index (χ1v) is 9.80. The summed E-state index contributed by atoms with van der Waals surface area (Å²) in [7, 11) is 3.98. The average Bonchev–Trinajstić information content (AvgIpc) is 3.20. The van der Waals surface area contributed by atoms with Gasteiger partial charge in [0.25, 0.3) is 11.5 Å². The van der Waals surface area contributed by atoms with Crippen molar-refractivity contribution in [1.29, 1.82) is 0 Å². The van der Waals surface area contributed by atoms with Crippen molar-refractivity contribution in [3.05, 3.63) is 50.4 Å². The molecule has 3 heterocycles. The molecular formula is C20H22N4O2S. The lowest BCUT2D eigenvalue weighted by atomic mass is 10.1. The van der Waals surface area contributed by atoms with E-state index in [1.54, 1.807) is 4.57 Å². The zero-order chi connectivity index (χ0) is 19.3. The molecule has 140 valence electrons. The number of thiophene rings is 1. The Hall–Kier alpha value is -2.67. The van der Waals surface area contributed by atoms with Gasteiger partial charge >= 0.3 is 0 Å². The lowest BCUT2D eigenvalue weighted by Crippen LogP contribution is -2.20. The van der Waals surface area contributed by atoms with E-state index >= 15 is 0 Å². The number of hydrogen-bond acceptors (Lipinski definition) is 5. The molecule has 1 aliphatic rings. The van der Waals surface area contributed by atoms with Crippen LogP contribution in [-0.2, 0) is 13.0 Å². The van der Waals surface area contributed by atoms with E-state index in [1.165, 1.54) is 11.3 Å². The number of benzene rings is 1. The summed E-state index contributed by atoms with van der Waals surface area (Å²) in [6.07, 6.45) is 1.77. The van der Waals surface area contributed by atoms with Crippen LogP contribution in [0.2, 0.25) is 0 Å². The molecule has 7 heteroatoms. The Morgan fingerprint density at radius 2 is 2.07 bits per heavy atom. The zero-order valence-corrected chi connectivity index (χ0v) is 16.7. The number of aryl methyl sites for hydroxylation is 3. The highest BCUT2D eigenvalue weighted by molar-refractivity contribution is 7.20. The number of aromatic nitrogens is 2. The van der Waals surface area contributed by atoms with E-state index < -0.39 is 0 Å². The lowest BCUT2D eigenvalue weighted by Gasteiger charge is -2.16. The summed E-state index contributed by atoms with van der Waals surface area (Å²) in [6, 6.07) is 5.84. The molecule has 1 amide bonds. The Balaban J connectivity index is 1.69. The molecule has 1 N–H and O–H groups in total. The molecule has 6 nitrogen and oxygen atoms in total. The smallest absolute Gasteiger partial charge is 0.266 e. The van der Waals surface area contributed by atoms with Crippen LogP contribution in [0.3, 0.4) is 0 Å². The number of nitrogens with zero attached hydrogens (tertiary/aromatic N) is 3. The van der Waals surface area contributed by atoms with E-state index in [4.69, 9.17) is 0 Å². The van der Waals surface area contributed by atoms with Crippen molar-refractivity contribution in [2.45, 2.75) is 33.2 Å². The van der Waals surface area contributed by atoms with Crippen molar-refractivity contribution in [3.63, 3.8) is 0 Å². The molecule has 0 aliphatic carbocycles. The molecule has 2 aromatic heterocycles. The van der Waals surface area contributed by atoms with Gasteiger partial charge in [0.2, 0.25) is 0 Å². The van der Waals surface area contributed by atoms with Crippen LogP contribution in [-0.4, -0.2) is 29.6 Å². The predicted octanol–water partition coefficient (Wildman–Crippen LogP) is 3.34. The van der Waals surface area contributed by atoms with E-state index in [-0.39, 0.29) is 11.5 Å². The van der Waals surface area contributed by atoms with Gasteiger partial charge in [-0.1, -0.05) is 0 Å². The molecule has 0 radical (unpaired) electrons. The summed E-state index contributed by atoms with van der Waals surface area (Å²) < 4.78 is 1.74. The number of carbonyl (C=O) groups excluding carboxylic acids is 1. The second-order valence-corrected chi connectivity index (χ2v) is 8.17. The molecule has 4 rings (SSSR count). The maximum absolute atomic E-state index is 12.9. The first-order chi connectivity index (χ1) is 12.9. The molecule has 27 heavy (non-hydrogen) atoms. The van der Waals surface area contributed by atoms with Gasteiger partial charge in [0.1, 0.15) is 10.7 Å². The molecule has 0 saturated carbocycles. The van der Waals surface area contributed by atoms with E-state index in [1.807, 2.05) is 51.0 Å². The number of anilines is 2. The third-order valence-electron chi connectivity index (χ3n) is 5.05. The highest BCUT2D eigenvalue weighted by atomic mass is 32.1. The van der Waals surface area contributed by atoms with Gasteiger partial charge in [0.15, 0.2) is 0 Å². The molecule has 0 fully saturated rings. The second-order valence-electron chi connectivity index (χ2n) is 7.17. The van der Waals surface area contributed by atoms with Gasteiger partial charge in [-0.05, 0) is 49.6 Å². The Morgan fingerprint density at radius 3 is 2.78 bits per heavy atom. The summed E-state index contributed by atoms with van der Waals surface area (Å²) in [5, 5.41) is 3.54. The molecule has 1 aromatic carbocycles. The van der Waals surface area contributed by atoms with Gasteiger partial charge in [0, 0.05) is 38.4 Å². The SMILES string of the molecule is Cc1cc(NC(=O)c2sc3nc4n(c(=O)c3c2C)CCC4)ccc1N(C)C. The number of fused-ring (bicyclic) bond motifs is 2. The summed E-state index contributed by atoms with van der Waals surface area (Å²) in [4.78, 5) is 33.5. The van der Waals surface area contributed by atoms with Gasteiger partial charge in [-0.15, -0.1) is 11.3 Å². The number of carbonyl (C=O) groups is 1. The van der Waals surface area contributed by atoms with Gasteiger partial charge in [-0.3, -0.25) is 14.2 Å². The molecular weight excluding hydrogens is 360 g/mol. The van der Waals surface area contributed by atoms with Gasteiger partial charge in [0.05, 0.1) is 10.3 Å². The summed E-state index contributed by atoms with van der Waals surface area (Å²) in [5.41, 5.74) is 3.63. The van der Waals surface area contributed by atoms with Crippen LogP contribution in [0.1, 0.15) is 33.0 Å². The molecule has 0 unspecified atom stereocenters. The standard InChI is InChI=1S/C20H22N4O2S/c1-11-10-13(7-8-14(11)23(3)4)21-18(25)17-12(2)16-19(27-17)22-15-6-5-9-24(15)20(16)26/h7-8,10H,5-6,9H2,1-4H3,(H,21,25). The third kappa shape index (κ3) is 2.92. The van der Waals surface area contributed by atoms with Crippen molar-refractivity contribution < 1.29 is 4.79 Å². The number of nitrogens with one attached hydrogen (secondary N) is 1. The van der Waals surface area contributed by atoms with Gasteiger partial charge in [-0.25, -0.2) is 4.98 Å². The largest absolute Gasteiger partial charge is 0.377 e. The van der Waals surface area contributed by atoms with Crippen LogP contribution in [0, 0.1) is 13.8 Å². The number of rotatable bonds is 3. The average molecular weight is 382 g/mol. The van der Waals surface area contributed by atoms with Crippen LogP contribution in [0.4, 0.5) is 11.4 Å². The highest BCUT2D eigenvalue weighted by Crippen LogP contribution is 2.30. The molecule has 0 atom stereocenters. The minimum absolute atomic E-state index is 0.0218. The molecule has 1 aliphatic heterocycles. The second kappa shape index (κ2) is 6.49.